The molecule has 0 bridgehead atoms. The Kier molecular flexibility index (Phi) is 7.79. The zero-order chi connectivity index (χ0) is 22.1. The molecule has 0 aliphatic carbocycles. The van der Waals surface area contributed by atoms with E-state index in [1.165, 1.54) is 5.56 Å². The number of amidine groups is 2. The van der Waals surface area contributed by atoms with Crippen LogP contribution in [-0.2, 0) is 24.6 Å². The van der Waals surface area contributed by atoms with Gasteiger partial charge in [0.1, 0.15) is 12.4 Å². The number of benzene rings is 3. The van der Waals surface area contributed by atoms with Crippen molar-refractivity contribution in [2.75, 3.05) is 7.05 Å². The highest BCUT2D eigenvalue weighted by Gasteiger charge is 2.03. The summed E-state index contributed by atoms with van der Waals surface area (Å²) < 4.78 is 0. The molecule has 0 fully saturated rings. The van der Waals surface area contributed by atoms with Gasteiger partial charge < -0.3 is 15.5 Å². The van der Waals surface area contributed by atoms with Gasteiger partial charge in [-0.15, -0.1) is 0 Å². The molecule has 0 aliphatic heterocycles. The standard InChI is InChI=1S/C25H28N4O2/c1-19(29(2)17-21-6-4-3-5-7-21)28-16-20-8-10-22(11-9-20)18-30-31-24-14-12-23(13-15-24)25(26)27/h3-15H,16-18H2,1-2H3,(H3,26,27). The maximum absolute atomic E-state index is 7.39. The number of nitrogens with one attached hydrogen (secondary N) is 1. The third-order valence-corrected chi connectivity index (χ3v) is 4.87. The first-order valence-electron chi connectivity index (χ1n) is 10.1. The Balaban J connectivity index is 1.45. The minimum absolute atomic E-state index is 0.0231. The maximum atomic E-state index is 7.39. The highest BCUT2D eigenvalue weighted by molar-refractivity contribution is 5.94. The lowest BCUT2D eigenvalue weighted by Crippen LogP contribution is -2.23. The monoisotopic (exact) mass is 416 g/mol. The van der Waals surface area contributed by atoms with Crippen molar-refractivity contribution in [1.82, 2.24) is 4.90 Å². The van der Waals surface area contributed by atoms with E-state index in [9.17, 15) is 0 Å². The quantitative estimate of drug-likeness (QED) is 0.232. The Morgan fingerprint density at radius 3 is 2.19 bits per heavy atom. The lowest BCUT2D eigenvalue weighted by molar-refractivity contribution is -0.217. The van der Waals surface area contributed by atoms with E-state index in [1.54, 1.807) is 24.3 Å². The molecule has 3 N–H and O–H groups in total. The predicted molar refractivity (Wildman–Crippen MR) is 124 cm³/mol. The van der Waals surface area contributed by atoms with E-state index in [1.807, 2.05) is 37.3 Å². The summed E-state index contributed by atoms with van der Waals surface area (Å²) >= 11 is 0. The molecule has 0 radical (unpaired) electrons. The molecule has 0 saturated heterocycles. The minimum Gasteiger partial charge on any atom is -0.384 e. The average Bonchev–Trinajstić information content (AvgIpc) is 2.79. The molecule has 0 unspecified atom stereocenters. The molecule has 0 atom stereocenters. The van der Waals surface area contributed by atoms with Crippen molar-refractivity contribution in [2.45, 2.75) is 26.6 Å². The Bertz CT molecular complexity index is 1000. The molecule has 0 spiro atoms. The van der Waals surface area contributed by atoms with E-state index in [-0.39, 0.29) is 5.84 Å². The van der Waals surface area contributed by atoms with Crippen LogP contribution in [0.3, 0.4) is 0 Å². The summed E-state index contributed by atoms with van der Waals surface area (Å²) in [5.41, 5.74) is 9.49. The summed E-state index contributed by atoms with van der Waals surface area (Å²) in [5.74, 6) is 1.58. The third-order valence-electron chi connectivity index (χ3n) is 4.87. The van der Waals surface area contributed by atoms with Gasteiger partial charge in [-0.2, -0.15) is 4.89 Å². The van der Waals surface area contributed by atoms with Crippen LogP contribution in [-0.4, -0.2) is 23.6 Å². The van der Waals surface area contributed by atoms with E-state index < -0.39 is 0 Å². The molecule has 160 valence electrons. The van der Waals surface area contributed by atoms with Gasteiger partial charge in [0, 0.05) is 19.2 Å². The number of hydrogen-bond donors (Lipinski definition) is 2. The van der Waals surface area contributed by atoms with Crippen molar-refractivity contribution < 1.29 is 9.78 Å². The Hall–Kier alpha value is -3.64. The number of nitrogen functional groups attached to an aromatic ring is 1. The molecule has 3 aromatic rings. The SMILES string of the molecule is CC(=NCc1ccc(COOc2ccc(C(=N)N)cc2)cc1)N(C)Cc1ccccc1. The molecule has 0 amide bonds. The van der Waals surface area contributed by atoms with Gasteiger partial charge in [-0.05, 0) is 47.9 Å². The number of aliphatic imine (C=N–C) groups is 1. The first kappa shape index (κ1) is 22.1. The van der Waals surface area contributed by atoms with E-state index in [0.29, 0.717) is 24.5 Å². The molecule has 3 rings (SSSR count). The van der Waals surface area contributed by atoms with Crippen molar-refractivity contribution in [3.05, 3.63) is 101 Å². The highest BCUT2D eigenvalue weighted by Crippen LogP contribution is 2.14. The lowest BCUT2D eigenvalue weighted by Gasteiger charge is -2.18. The highest BCUT2D eigenvalue weighted by atomic mass is 17.2. The Morgan fingerprint density at radius 1 is 0.903 bits per heavy atom. The fourth-order valence-corrected chi connectivity index (χ4v) is 2.89. The van der Waals surface area contributed by atoms with E-state index in [0.717, 1.165) is 23.5 Å². The fourth-order valence-electron chi connectivity index (χ4n) is 2.89. The lowest BCUT2D eigenvalue weighted by atomic mass is 10.1. The predicted octanol–water partition coefficient (Wildman–Crippen LogP) is 4.53. The second-order valence-electron chi connectivity index (χ2n) is 7.31. The topological polar surface area (TPSA) is 83.9 Å². The summed E-state index contributed by atoms with van der Waals surface area (Å²) in [4.78, 5) is 17.5. The molecule has 6 nitrogen and oxygen atoms in total. The zero-order valence-corrected chi connectivity index (χ0v) is 17.9. The van der Waals surface area contributed by atoms with Gasteiger partial charge in [0.2, 0.25) is 0 Å². The maximum Gasteiger partial charge on any atom is 0.165 e. The first-order valence-corrected chi connectivity index (χ1v) is 10.1. The van der Waals surface area contributed by atoms with Gasteiger partial charge in [0.05, 0.1) is 12.4 Å². The van der Waals surface area contributed by atoms with Gasteiger partial charge in [-0.3, -0.25) is 10.4 Å². The summed E-state index contributed by atoms with van der Waals surface area (Å²) in [5, 5.41) is 7.39. The molecule has 31 heavy (non-hydrogen) atoms. The van der Waals surface area contributed by atoms with Gasteiger partial charge in [-0.1, -0.05) is 54.6 Å². The van der Waals surface area contributed by atoms with Crippen LogP contribution < -0.4 is 10.6 Å². The molecular weight excluding hydrogens is 388 g/mol. The number of hydrogen-bond acceptors (Lipinski definition) is 4. The van der Waals surface area contributed by atoms with Crippen LogP contribution in [0.4, 0.5) is 0 Å². The summed E-state index contributed by atoms with van der Waals surface area (Å²) in [6, 6.07) is 25.4. The average molecular weight is 417 g/mol. The molecule has 0 saturated carbocycles. The first-order chi connectivity index (χ1) is 15.0. The largest absolute Gasteiger partial charge is 0.384 e. The Morgan fingerprint density at radius 2 is 1.55 bits per heavy atom. The third kappa shape index (κ3) is 6.97. The molecular formula is C25H28N4O2. The Labute approximate surface area is 183 Å². The van der Waals surface area contributed by atoms with Crippen LogP contribution in [0.5, 0.6) is 5.75 Å². The minimum atomic E-state index is 0.0231. The van der Waals surface area contributed by atoms with Crippen molar-refractivity contribution >= 4 is 11.7 Å². The molecule has 3 aromatic carbocycles. The van der Waals surface area contributed by atoms with Gasteiger partial charge in [0.15, 0.2) is 5.75 Å². The molecule has 0 aromatic heterocycles. The van der Waals surface area contributed by atoms with Crippen LogP contribution in [0.2, 0.25) is 0 Å². The van der Waals surface area contributed by atoms with Crippen molar-refractivity contribution in [1.29, 1.82) is 5.41 Å². The number of nitrogens with two attached hydrogens (primary N) is 1. The van der Waals surface area contributed by atoms with E-state index >= 15 is 0 Å². The zero-order valence-electron chi connectivity index (χ0n) is 17.9. The van der Waals surface area contributed by atoms with Crippen LogP contribution in [0.25, 0.3) is 0 Å². The summed E-state index contributed by atoms with van der Waals surface area (Å²) in [7, 11) is 2.06. The second kappa shape index (κ2) is 10.9. The summed E-state index contributed by atoms with van der Waals surface area (Å²) in [6.07, 6.45) is 0. The van der Waals surface area contributed by atoms with Crippen molar-refractivity contribution in [3.8, 4) is 5.75 Å². The van der Waals surface area contributed by atoms with Crippen molar-refractivity contribution in [2.24, 2.45) is 10.7 Å². The van der Waals surface area contributed by atoms with Crippen LogP contribution in [0.1, 0.15) is 29.2 Å². The molecule has 0 aliphatic rings. The fraction of sp³-hybridized carbons (Fsp3) is 0.200. The molecule has 0 heterocycles. The molecule has 6 heteroatoms. The van der Waals surface area contributed by atoms with Gasteiger partial charge in [-0.25, -0.2) is 0 Å². The van der Waals surface area contributed by atoms with Gasteiger partial charge >= 0.3 is 0 Å². The van der Waals surface area contributed by atoms with Crippen LogP contribution in [0, 0.1) is 5.41 Å². The normalized spacial score (nSPS) is 11.2. The van der Waals surface area contributed by atoms with Crippen LogP contribution in [0.15, 0.2) is 83.9 Å². The van der Waals surface area contributed by atoms with Crippen LogP contribution >= 0.6 is 0 Å². The van der Waals surface area contributed by atoms with Gasteiger partial charge in [0.25, 0.3) is 0 Å². The van der Waals surface area contributed by atoms with Crippen molar-refractivity contribution in [3.63, 3.8) is 0 Å². The van der Waals surface area contributed by atoms with E-state index in [4.69, 9.17) is 25.9 Å². The number of rotatable bonds is 9. The smallest absolute Gasteiger partial charge is 0.165 e. The number of nitrogens with zero attached hydrogens (tertiary/aromatic N) is 2. The second-order valence-corrected chi connectivity index (χ2v) is 7.31. The van der Waals surface area contributed by atoms with E-state index in [2.05, 4.69) is 36.2 Å². The summed E-state index contributed by atoms with van der Waals surface area (Å²) in [6.45, 7) is 3.83.